The largest absolute Gasteiger partial charge is 0.389 e. The lowest BCUT2D eigenvalue weighted by Gasteiger charge is -2.21. The number of benzene rings is 1. The van der Waals surface area contributed by atoms with Gasteiger partial charge in [-0.15, -0.1) is 0 Å². The van der Waals surface area contributed by atoms with Gasteiger partial charge in [0.05, 0.1) is 18.6 Å². The number of hydrogen-bond acceptors (Lipinski definition) is 4. The molecule has 2 heterocycles. The molecule has 25 heavy (non-hydrogen) atoms. The average molecular weight is 342 g/mol. The molecule has 132 valence electrons. The van der Waals surface area contributed by atoms with E-state index in [4.69, 9.17) is 0 Å². The summed E-state index contributed by atoms with van der Waals surface area (Å²) >= 11 is 0. The fourth-order valence-corrected chi connectivity index (χ4v) is 3.00. The van der Waals surface area contributed by atoms with Crippen molar-refractivity contribution in [2.45, 2.75) is 12.5 Å². The Labute approximate surface area is 146 Å². The van der Waals surface area contributed by atoms with Gasteiger partial charge in [-0.3, -0.25) is 9.59 Å². The van der Waals surface area contributed by atoms with Gasteiger partial charge in [0.25, 0.3) is 5.91 Å². The molecule has 1 aliphatic heterocycles. The van der Waals surface area contributed by atoms with Crippen LogP contribution in [-0.2, 0) is 18.3 Å². The molecule has 3 rings (SSSR count). The second-order valence-corrected chi connectivity index (χ2v) is 6.30. The molecule has 1 aliphatic rings. The number of aliphatic hydroxyl groups is 1. The zero-order valence-corrected chi connectivity index (χ0v) is 14.2. The van der Waals surface area contributed by atoms with E-state index >= 15 is 0 Å². The average Bonchev–Trinajstić information content (AvgIpc) is 2.97. The Kier molecular flexibility index (Phi) is 5.14. The highest BCUT2D eigenvalue weighted by molar-refractivity contribution is 5.95. The summed E-state index contributed by atoms with van der Waals surface area (Å²) in [5, 5.41) is 10.3. The summed E-state index contributed by atoms with van der Waals surface area (Å²) in [5.41, 5.74) is 1.54. The Balaban J connectivity index is 1.67. The molecule has 2 aromatic rings. The lowest BCUT2D eigenvalue weighted by molar-refractivity contribution is -0.131. The van der Waals surface area contributed by atoms with Gasteiger partial charge in [0.2, 0.25) is 5.91 Å². The highest BCUT2D eigenvalue weighted by atomic mass is 16.3. The fraction of sp³-hybridized carbons (Fsp3) is 0.389. The van der Waals surface area contributed by atoms with Crippen LogP contribution in [0.25, 0.3) is 0 Å². The molecule has 7 nitrogen and oxygen atoms in total. The van der Waals surface area contributed by atoms with Gasteiger partial charge in [0.15, 0.2) is 0 Å². The molecule has 1 unspecified atom stereocenters. The van der Waals surface area contributed by atoms with Crippen LogP contribution in [0.4, 0.5) is 0 Å². The van der Waals surface area contributed by atoms with Crippen molar-refractivity contribution in [1.29, 1.82) is 0 Å². The highest BCUT2D eigenvalue weighted by Gasteiger charge is 2.30. The molecule has 1 N–H and O–H groups in total. The number of aryl methyl sites for hydroxylation is 1. The predicted molar refractivity (Wildman–Crippen MR) is 91.8 cm³/mol. The number of amides is 2. The number of hydrogen-bond donors (Lipinski definition) is 1. The van der Waals surface area contributed by atoms with Crippen molar-refractivity contribution >= 4 is 11.8 Å². The van der Waals surface area contributed by atoms with Crippen LogP contribution < -0.4 is 0 Å². The molecular weight excluding hydrogens is 320 g/mol. The molecule has 7 heteroatoms. The monoisotopic (exact) mass is 342 g/mol. The second-order valence-electron chi connectivity index (χ2n) is 6.30. The van der Waals surface area contributed by atoms with Crippen LogP contribution in [0.1, 0.15) is 16.1 Å². The highest BCUT2D eigenvalue weighted by Crippen LogP contribution is 2.11. The number of rotatable bonds is 4. The zero-order chi connectivity index (χ0) is 17.8. The van der Waals surface area contributed by atoms with Crippen molar-refractivity contribution in [1.82, 2.24) is 19.4 Å². The lowest BCUT2D eigenvalue weighted by Crippen LogP contribution is -2.40. The first-order valence-corrected chi connectivity index (χ1v) is 8.30. The number of nitrogens with zero attached hydrogens (tertiary/aromatic N) is 4. The van der Waals surface area contributed by atoms with E-state index in [0.717, 1.165) is 12.0 Å². The van der Waals surface area contributed by atoms with E-state index < -0.39 is 6.10 Å². The van der Waals surface area contributed by atoms with Crippen LogP contribution in [0.2, 0.25) is 0 Å². The minimum atomic E-state index is -0.764. The summed E-state index contributed by atoms with van der Waals surface area (Å²) in [6, 6.07) is 9.89. The second kappa shape index (κ2) is 7.48. The van der Waals surface area contributed by atoms with Crippen LogP contribution in [-0.4, -0.2) is 68.6 Å². The molecule has 0 spiro atoms. The predicted octanol–water partition coefficient (Wildman–Crippen LogP) is 0.308. The molecule has 1 atom stereocenters. The minimum absolute atomic E-state index is 0.0319. The summed E-state index contributed by atoms with van der Waals surface area (Å²) in [4.78, 5) is 32.1. The number of aliphatic hydroxyl groups excluding tert-OH is 1. The fourth-order valence-electron chi connectivity index (χ4n) is 3.00. The Morgan fingerprint density at radius 1 is 1.28 bits per heavy atom. The summed E-state index contributed by atoms with van der Waals surface area (Å²) in [5.74, 6) is -0.444. The van der Waals surface area contributed by atoms with Crippen LogP contribution in [0.3, 0.4) is 0 Å². The SMILES string of the molecule is Cn1cncc1C(=O)N1CC(=O)N(CCc2ccccc2)CC(O)C1. The number of carbonyl (C=O) groups excluding carboxylic acids is 2. The summed E-state index contributed by atoms with van der Waals surface area (Å²) in [6.07, 6.45) is 2.96. The van der Waals surface area contributed by atoms with Crippen LogP contribution in [0.15, 0.2) is 42.9 Å². The zero-order valence-electron chi connectivity index (χ0n) is 14.2. The Morgan fingerprint density at radius 2 is 2.04 bits per heavy atom. The van der Waals surface area contributed by atoms with E-state index in [1.807, 2.05) is 30.3 Å². The number of β-amino-alcohol motifs (C(OH)–C–C–N with tert-alkyl or cyclic N) is 1. The first-order valence-electron chi connectivity index (χ1n) is 8.30. The summed E-state index contributed by atoms with van der Waals surface area (Å²) in [6.45, 7) is 0.863. The standard InChI is InChI=1S/C18H22N4O3/c1-20-13-19-9-16(20)18(25)22-11-15(23)10-21(17(24)12-22)8-7-14-5-3-2-4-6-14/h2-6,9,13,15,23H,7-8,10-12H2,1H3. The van der Waals surface area contributed by atoms with Crippen LogP contribution in [0.5, 0.6) is 0 Å². The maximum absolute atomic E-state index is 12.6. The normalized spacial score (nSPS) is 18.3. The van der Waals surface area contributed by atoms with E-state index in [2.05, 4.69) is 4.98 Å². The van der Waals surface area contributed by atoms with E-state index in [9.17, 15) is 14.7 Å². The van der Waals surface area contributed by atoms with Crippen LogP contribution in [0, 0.1) is 0 Å². The smallest absolute Gasteiger partial charge is 0.272 e. The maximum atomic E-state index is 12.6. The maximum Gasteiger partial charge on any atom is 0.272 e. The first kappa shape index (κ1) is 17.2. The molecule has 0 saturated carbocycles. The van der Waals surface area contributed by atoms with Gasteiger partial charge in [-0.2, -0.15) is 0 Å². The number of aromatic nitrogens is 2. The van der Waals surface area contributed by atoms with Gasteiger partial charge in [0, 0.05) is 26.7 Å². The third-order valence-corrected chi connectivity index (χ3v) is 4.38. The van der Waals surface area contributed by atoms with Crippen molar-refractivity contribution < 1.29 is 14.7 Å². The third-order valence-electron chi connectivity index (χ3n) is 4.38. The topological polar surface area (TPSA) is 78.7 Å². The first-order chi connectivity index (χ1) is 12.0. The van der Waals surface area contributed by atoms with Crippen molar-refractivity contribution in [3.63, 3.8) is 0 Å². The molecule has 2 amide bonds. The number of imidazole rings is 1. The molecular formula is C18H22N4O3. The minimum Gasteiger partial charge on any atom is -0.389 e. The van der Waals surface area contributed by atoms with Crippen molar-refractivity contribution in [2.24, 2.45) is 7.05 Å². The Hall–Kier alpha value is -2.67. The van der Waals surface area contributed by atoms with Gasteiger partial charge in [-0.25, -0.2) is 4.98 Å². The molecule has 1 saturated heterocycles. The third kappa shape index (κ3) is 4.06. The molecule has 1 fully saturated rings. The van der Waals surface area contributed by atoms with Crippen molar-refractivity contribution in [2.75, 3.05) is 26.2 Å². The quantitative estimate of drug-likeness (QED) is 0.867. The van der Waals surface area contributed by atoms with E-state index in [1.54, 1.807) is 16.5 Å². The molecule has 1 aromatic heterocycles. The molecule has 0 bridgehead atoms. The van der Waals surface area contributed by atoms with E-state index in [-0.39, 0.29) is 31.4 Å². The van der Waals surface area contributed by atoms with E-state index in [1.165, 1.54) is 17.4 Å². The van der Waals surface area contributed by atoms with Gasteiger partial charge in [-0.05, 0) is 12.0 Å². The Morgan fingerprint density at radius 3 is 2.72 bits per heavy atom. The number of carbonyl (C=O) groups is 2. The summed E-state index contributed by atoms with van der Waals surface area (Å²) in [7, 11) is 1.72. The van der Waals surface area contributed by atoms with Crippen molar-refractivity contribution in [3.8, 4) is 0 Å². The molecule has 1 aromatic carbocycles. The molecule has 0 radical (unpaired) electrons. The van der Waals surface area contributed by atoms with Gasteiger partial charge < -0.3 is 19.5 Å². The Bertz CT molecular complexity index is 744. The van der Waals surface area contributed by atoms with Gasteiger partial charge in [-0.1, -0.05) is 30.3 Å². The van der Waals surface area contributed by atoms with Crippen LogP contribution >= 0.6 is 0 Å². The van der Waals surface area contributed by atoms with E-state index in [0.29, 0.717) is 12.2 Å². The summed E-state index contributed by atoms with van der Waals surface area (Å²) < 4.78 is 1.61. The lowest BCUT2D eigenvalue weighted by atomic mass is 10.1. The van der Waals surface area contributed by atoms with Gasteiger partial charge >= 0.3 is 0 Å². The van der Waals surface area contributed by atoms with Gasteiger partial charge in [0.1, 0.15) is 12.2 Å². The van der Waals surface area contributed by atoms with Crippen molar-refractivity contribution in [3.05, 3.63) is 54.1 Å². The molecule has 0 aliphatic carbocycles.